The van der Waals surface area contributed by atoms with E-state index in [1.165, 1.54) is 0 Å². The maximum atomic E-state index is 10.6. The van der Waals surface area contributed by atoms with E-state index in [1.807, 2.05) is 36.4 Å². The van der Waals surface area contributed by atoms with Crippen molar-refractivity contribution >= 4 is 18.0 Å². The summed E-state index contributed by atoms with van der Waals surface area (Å²) < 4.78 is 5.43. The van der Waals surface area contributed by atoms with Crippen LogP contribution in [0.25, 0.3) is 11.3 Å². The molecule has 1 aromatic carbocycles. The van der Waals surface area contributed by atoms with Crippen molar-refractivity contribution in [2.75, 3.05) is 5.75 Å². The SMILES string of the molecule is C=CCSc1ccccc1-c1ccc(C=O)o1. The lowest BCUT2D eigenvalue weighted by Crippen LogP contribution is -1.80. The predicted octanol–water partition coefficient (Wildman–Crippen LogP) is 4.04. The van der Waals surface area contributed by atoms with Gasteiger partial charge in [0, 0.05) is 16.2 Å². The van der Waals surface area contributed by atoms with Gasteiger partial charge in [0.2, 0.25) is 0 Å². The number of aldehydes is 1. The summed E-state index contributed by atoms with van der Waals surface area (Å²) in [5.41, 5.74) is 1.01. The number of carbonyl (C=O) groups excluding carboxylic acids is 1. The number of hydrogen-bond donors (Lipinski definition) is 0. The molecule has 0 aliphatic carbocycles. The molecule has 2 rings (SSSR count). The van der Waals surface area contributed by atoms with Gasteiger partial charge in [0.1, 0.15) is 5.76 Å². The summed E-state index contributed by atoms with van der Waals surface area (Å²) in [6.45, 7) is 3.70. The zero-order valence-electron chi connectivity index (χ0n) is 9.26. The van der Waals surface area contributed by atoms with Crippen LogP contribution in [0.3, 0.4) is 0 Å². The molecule has 0 amide bonds. The van der Waals surface area contributed by atoms with Crippen LogP contribution in [0.5, 0.6) is 0 Å². The molecule has 86 valence electrons. The Morgan fingerprint density at radius 1 is 1.24 bits per heavy atom. The van der Waals surface area contributed by atoms with E-state index in [9.17, 15) is 4.79 Å². The minimum absolute atomic E-state index is 0.350. The van der Waals surface area contributed by atoms with Crippen LogP contribution < -0.4 is 0 Å². The Kier molecular flexibility index (Phi) is 3.83. The molecule has 3 heteroatoms. The normalized spacial score (nSPS) is 10.1. The third-order valence-electron chi connectivity index (χ3n) is 2.25. The predicted molar refractivity (Wildman–Crippen MR) is 70.5 cm³/mol. The molecule has 0 spiro atoms. The highest BCUT2D eigenvalue weighted by Crippen LogP contribution is 2.32. The molecular formula is C14H12O2S. The van der Waals surface area contributed by atoms with Crippen LogP contribution in [0.15, 0.2) is 58.4 Å². The fourth-order valence-corrected chi connectivity index (χ4v) is 2.30. The Morgan fingerprint density at radius 3 is 2.76 bits per heavy atom. The van der Waals surface area contributed by atoms with E-state index in [0.717, 1.165) is 22.0 Å². The van der Waals surface area contributed by atoms with Crippen molar-refractivity contribution in [3.63, 3.8) is 0 Å². The number of carbonyl (C=O) groups is 1. The number of rotatable bonds is 5. The molecule has 2 aromatic rings. The summed E-state index contributed by atoms with van der Waals surface area (Å²) in [4.78, 5) is 11.7. The van der Waals surface area contributed by atoms with E-state index in [2.05, 4.69) is 6.58 Å². The lowest BCUT2D eigenvalue weighted by atomic mass is 10.2. The Labute approximate surface area is 104 Å². The van der Waals surface area contributed by atoms with Crippen molar-refractivity contribution in [1.29, 1.82) is 0 Å². The summed E-state index contributed by atoms with van der Waals surface area (Å²) in [7, 11) is 0. The van der Waals surface area contributed by atoms with Crippen molar-refractivity contribution in [3.05, 3.63) is 54.8 Å². The molecule has 17 heavy (non-hydrogen) atoms. The quantitative estimate of drug-likeness (QED) is 0.452. The molecule has 0 aliphatic heterocycles. The molecule has 0 fully saturated rings. The van der Waals surface area contributed by atoms with Gasteiger partial charge >= 0.3 is 0 Å². The van der Waals surface area contributed by atoms with Gasteiger partial charge in [-0.05, 0) is 18.2 Å². The highest BCUT2D eigenvalue weighted by atomic mass is 32.2. The molecule has 1 aromatic heterocycles. The first-order valence-electron chi connectivity index (χ1n) is 5.23. The zero-order valence-corrected chi connectivity index (χ0v) is 10.1. The smallest absolute Gasteiger partial charge is 0.185 e. The van der Waals surface area contributed by atoms with Gasteiger partial charge in [-0.3, -0.25) is 4.79 Å². The van der Waals surface area contributed by atoms with Crippen LogP contribution >= 0.6 is 11.8 Å². The van der Waals surface area contributed by atoms with E-state index in [4.69, 9.17) is 4.42 Å². The molecular weight excluding hydrogens is 232 g/mol. The van der Waals surface area contributed by atoms with Crippen LogP contribution in [0.1, 0.15) is 10.6 Å². The Hall–Kier alpha value is -1.74. The van der Waals surface area contributed by atoms with Crippen LogP contribution in [0.2, 0.25) is 0 Å². The second-order valence-corrected chi connectivity index (χ2v) is 4.48. The number of thioether (sulfide) groups is 1. The van der Waals surface area contributed by atoms with Gasteiger partial charge in [-0.2, -0.15) is 0 Å². The highest BCUT2D eigenvalue weighted by molar-refractivity contribution is 7.99. The lowest BCUT2D eigenvalue weighted by molar-refractivity contribution is 0.110. The van der Waals surface area contributed by atoms with E-state index in [0.29, 0.717) is 12.0 Å². The van der Waals surface area contributed by atoms with Crippen LogP contribution in [0.4, 0.5) is 0 Å². The van der Waals surface area contributed by atoms with Crippen molar-refractivity contribution in [1.82, 2.24) is 0 Å². The Bertz CT molecular complexity index is 529. The topological polar surface area (TPSA) is 30.2 Å². The summed E-state index contributed by atoms with van der Waals surface area (Å²) in [6.07, 6.45) is 2.57. The van der Waals surface area contributed by atoms with Crippen molar-refractivity contribution in [3.8, 4) is 11.3 Å². The van der Waals surface area contributed by atoms with Gasteiger partial charge in [0.15, 0.2) is 12.0 Å². The van der Waals surface area contributed by atoms with Gasteiger partial charge in [-0.15, -0.1) is 18.3 Å². The molecule has 0 aliphatic rings. The van der Waals surface area contributed by atoms with Gasteiger partial charge in [-0.25, -0.2) is 0 Å². The van der Waals surface area contributed by atoms with Gasteiger partial charge in [-0.1, -0.05) is 24.3 Å². The fourth-order valence-electron chi connectivity index (χ4n) is 1.51. The first-order chi connectivity index (χ1) is 8.35. The summed E-state index contributed by atoms with van der Waals surface area (Å²) in [5, 5.41) is 0. The van der Waals surface area contributed by atoms with E-state index in [1.54, 1.807) is 17.8 Å². The summed E-state index contributed by atoms with van der Waals surface area (Å²) in [6, 6.07) is 11.5. The van der Waals surface area contributed by atoms with E-state index >= 15 is 0 Å². The molecule has 1 heterocycles. The first kappa shape index (κ1) is 11.7. The van der Waals surface area contributed by atoms with Crippen LogP contribution in [0, 0.1) is 0 Å². The zero-order chi connectivity index (χ0) is 12.1. The number of benzene rings is 1. The van der Waals surface area contributed by atoms with Crippen LogP contribution in [-0.2, 0) is 0 Å². The highest BCUT2D eigenvalue weighted by Gasteiger charge is 2.08. The summed E-state index contributed by atoms with van der Waals surface area (Å²) >= 11 is 1.69. The van der Waals surface area contributed by atoms with Gasteiger partial charge in [0.25, 0.3) is 0 Å². The van der Waals surface area contributed by atoms with E-state index < -0.39 is 0 Å². The maximum absolute atomic E-state index is 10.6. The maximum Gasteiger partial charge on any atom is 0.185 e. The Balaban J connectivity index is 2.36. The molecule has 0 unspecified atom stereocenters. The van der Waals surface area contributed by atoms with Crippen molar-refractivity contribution in [2.45, 2.75) is 4.90 Å². The molecule has 0 N–H and O–H groups in total. The monoisotopic (exact) mass is 244 g/mol. The van der Waals surface area contributed by atoms with Gasteiger partial charge < -0.3 is 4.42 Å². The second-order valence-electron chi connectivity index (χ2n) is 3.42. The van der Waals surface area contributed by atoms with Crippen molar-refractivity contribution < 1.29 is 9.21 Å². The molecule has 0 saturated carbocycles. The minimum atomic E-state index is 0.350. The molecule has 0 saturated heterocycles. The average Bonchev–Trinajstić information content (AvgIpc) is 2.85. The molecule has 0 radical (unpaired) electrons. The average molecular weight is 244 g/mol. The number of furan rings is 1. The lowest BCUT2D eigenvalue weighted by Gasteiger charge is -2.04. The van der Waals surface area contributed by atoms with Crippen molar-refractivity contribution in [2.24, 2.45) is 0 Å². The van der Waals surface area contributed by atoms with Gasteiger partial charge in [0.05, 0.1) is 0 Å². The largest absolute Gasteiger partial charge is 0.453 e. The Morgan fingerprint density at radius 2 is 2.06 bits per heavy atom. The molecule has 0 atom stereocenters. The van der Waals surface area contributed by atoms with Crippen LogP contribution in [-0.4, -0.2) is 12.0 Å². The third kappa shape index (κ3) is 2.68. The fraction of sp³-hybridized carbons (Fsp3) is 0.0714. The molecule has 2 nitrogen and oxygen atoms in total. The minimum Gasteiger partial charge on any atom is -0.453 e. The number of hydrogen-bond acceptors (Lipinski definition) is 3. The standard InChI is InChI=1S/C14H12O2S/c1-2-9-17-14-6-4-3-5-12(14)13-8-7-11(10-15)16-13/h2-8,10H,1,9H2. The first-order valence-corrected chi connectivity index (χ1v) is 6.22. The summed E-state index contributed by atoms with van der Waals surface area (Å²) in [5.74, 6) is 1.92. The third-order valence-corrected chi connectivity index (χ3v) is 3.32. The second kappa shape index (κ2) is 5.55. The van der Waals surface area contributed by atoms with E-state index in [-0.39, 0.29) is 0 Å². The molecule has 0 bridgehead atoms.